The van der Waals surface area contributed by atoms with Crippen LogP contribution >= 0.6 is 0 Å². The van der Waals surface area contributed by atoms with Crippen LogP contribution < -0.4 is 10.0 Å². The number of primary sulfonamides is 1. The van der Waals surface area contributed by atoms with Gasteiger partial charge in [-0.1, -0.05) is 44.2 Å². The normalized spacial score (nSPS) is 22.2. The Morgan fingerprint density at radius 1 is 1.04 bits per heavy atom. The lowest BCUT2D eigenvalue weighted by atomic mass is 10.0. The number of sulfonamides is 1. The lowest BCUT2D eigenvalue weighted by Gasteiger charge is -2.20. The van der Waals surface area contributed by atoms with Crippen LogP contribution in [0.3, 0.4) is 0 Å². The van der Waals surface area contributed by atoms with Gasteiger partial charge >= 0.3 is 0 Å². The van der Waals surface area contributed by atoms with Crippen molar-refractivity contribution in [2.45, 2.75) is 24.7 Å². The van der Waals surface area contributed by atoms with E-state index in [9.17, 15) is 8.42 Å². The minimum atomic E-state index is -3.63. The molecule has 0 aromatic heterocycles. The summed E-state index contributed by atoms with van der Waals surface area (Å²) < 4.78 is 22.8. The van der Waals surface area contributed by atoms with Crippen molar-refractivity contribution in [2.24, 2.45) is 16.5 Å². The van der Waals surface area contributed by atoms with Gasteiger partial charge < -0.3 is 4.90 Å². The molecule has 0 spiro atoms. The third kappa shape index (κ3) is 3.19. The Balaban J connectivity index is 1.75. The van der Waals surface area contributed by atoms with E-state index in [-0.39, 0.29) is 10.3 Å². The lowest BCUT2D eigenvalue weighted by molar-refractivity contribution is 0.552. The van der Waals surface area contributed by atoms with Crippen LogP contribution in [0.25, 0.3) is 0 Å². The highest BCUT2D eigenvalue weighted by Crippen LogP contribution is 2.64. The fraction of sp³-hybridized carbons (Fsp3) is 0.368. The van der Waals surface area contributed by atoms with Crippen LogP contribution in [0.15, 0.2) is 59.5 Å². The largest absolute Gasteiger partial charge is 0.374 e. The second-order valence-corrected chi connectivity index (χ2v) is 8.80. The van der Waals surface area contributed by atoms with Crippen LogP contribution in [0.2, 0.25) is 0 Å². The van der Waals surface area contributed by atoms with Gasteiger partial charge in [0.25, 0.3) is 0 Å². The number of anilines is 1. The second kappa shape index (κ2) is 5.90. The monoisotopic (exact) mass is 344 g/mol. The van der Waals surface area contributed by atoms with Crippen molar-refractivity contribution in [2.75, 3.05) is 18.5 Å². The number of rotatable bonds is 5. The van der Waals surface area contributed by atoms with E-state index >= 15 is 0 Å². The zero-order valence-electron chi connectivity index (χ0n) is 14.3. The Morgan fingerprint density at radius 3 is 2.17 bits per heavy atom. The topological polar surface area (TPSA) is 63.4 Å². The van der Waals surface area contributed by atoms with E-state index in [4.69, 9.17) is 5.14 Å². The first-order chi connectivity index (χ1) is 11.2. The van der Waals surface area contributed by atoms with Crippen LogP contribution in [0.1, 0.15) is 25.3 Å². The van der Waals surface area contributed by atoms with Crippen molar-refractivity contribution < 1.29 is 8.42 Å². The molecule has 0 heterocycles. The standard InChI is InChI=1S/C19H24N2O2S/c1-19(2)17(13-21(3)15-7-5-4-6-8-15)18(19)14-9-11-16(12-10-14)24(20,22)23/h4-12,17-18H,13H2,1-3H3,(H2,20,22,23)/t17-,18-/m1/s1. The smallest absolute Gasteiger partial charge is 0.238 e. The molecule has 1 aliphatic carbocycles. The molecule has 0 aliphatic heterocycles. The predicted octanol–water partition coefficient (Wildman–Crippen LogP) is 3.21. The maximum absolute atomic E-state index is 11.4. The van der Waals surface area contributed by atoms with E-state index in [0.29, 0.717) is 11.8 Å². The summed E-state index contributed by atoms with van der Waals surface area (Å²) in [5.74, 6) is 0.959. The summed E-state index contributed by atoms with van der Waals surface area (Å²) in [7, 11) is -1.51. The summed E-state index contributed by atoms with van der Waals surface area (Å²) >= 11 is 0. The SMILES string of the molecule is CN(C[C@@H]1[C@@H](c2ccc(S(N)(=O)=O)cc2)C1(C)C)c1ccccc1. The molecule has 3 rings (SSSR count). The van der Waals surface area contributed by atoms with Gasteiger partial charge in [0.15, 0.2) is 0 Å². The van der Waals surface area contributed by atoms with Gasteiger partial charge in [-0.25, -0.2) is 13.6 Å². The van der Waals surface area contributed by atoms with Crippen molar-refractivity contribution >= 4 is 15.7 Å². The van der Waals surface area contributed by atoms with Gasteiger partial charge in [0.2, 0.25) is 10.0 Å². The second-order valence-electron chi connectivity index (χ2n) is 7.24. The van der Waals surface area contributed by atoms with E-state index < -0.39 is 10.0 Å². The maximum Gasteiger partial charge on any atom is 0.238 e. The van der Waals surface area contributed by atoms with Crippen molar-refractivity contribution in [3.63, 3.8) is 0 Å². The molecule has 4 nitrogen and oxygen atoms in total. The molecule has 0 amide bonds. The van der Waals surface area contributed by atoms with Crippen molar-refractivity contribution in [3.05, 3.63) is 60.2 Å². The summed E-state index contributed by atoms with van der Waals surface area (Å²) in [6.07, 6.45) is 0. The number of benzene rings is 2. The van der Waals surface area contributed by atoms with Gasteiger partial charge in [-0.2, -0.15) is 0 Å². The van der Waals surface area contributed by atoms with E-state index in [1.54, 1.807) is 12.1 Å². The molecule has 1 saturated carbocycles. The van der Waals surface area contributed by atoms with Gasteiger partial charge in [-0.3, -0.25) is 0 Å². The average Bonchev–Trinajstić information content (AvgIpc) is 3.08. The molecule has 2 aromatic carbocycles. The minimum absolute atomic E-state index is 0.169. The third-order valence-electron chi connectivity index (χ3n) is 5.29. The molecular weight excluding hydrogens is 320 g/mol. The minimum Gasteiger partial charge on any atom is -0.374 e. The van der Waals surface area contributed by atoms with Gasteiger partial charge in [0.05, 0.1) is 4.90 Å². The van der Waals surface area contributed by atoms with E-state index in [0.717, 1.165) is 6.54 Å². The highest BCUT2D eigenvalue weighted by Gasteiger charge is 2.58. The Labute approximate surface area is 144 Å². The molecule has 2 atom stereocenters. The molecule has 0 bridgehead atoms. The van der Waals surface area contributed by atoms with Gasteiger partial charge in [-0.15, -0.1) is 0 Å². The quantitative estimate of drug-likeness (QED) is 0.906. The molecule has 24 heavy (non-hydrogen) atoms. The van der Waals surface area contributed by atoms with Gasteiger partial charge in [0, 0.05) is 19.3 Å². The molecular formula is C19H24N2O2S. The van der Waals surface area contributed by atoms with E-state index in [1.165, 1.54) is 11.3 Å². The molecule has 5 heteroatoms. The number of hydrogen-bond acceptors (Lipinski definition) is 3. The van der Waals surface area contributed by atoms with Crippen LogP contribution in [0.4, 0.5) is 5.69 Å². The lowest BCUT2D eigenvalue weighted by Crippen LogP contribution is -2.21. The highest BCUT2D eigenvalue weighted by atomic mass is 32.2. The Bertz CT molecular complexity index is 814. The van der Waals surface area contributed by atoms with Crippen molar-refractivity contribution in [1.29, 1.82) is 0 Å². The Kier molecular flexibility index (Phi) is 4.18. The van der Waals surface area contributed by atoms with E-state index in [2.05, 4.69) is 37.9 Å². The summed E-state index contributed by atoms with van der Waals surface area (Å²) in [6.45, 7) is 5.52. The zero-order chi connectivity index (χ0) is 17.5. The third-order valence-corrected chi connectivity index (χ3v) is 6.21. The first kappa shape index (κ1) is 17.0. The number of nitrogens with two attached hydrogens (primary N) is 1. The maximum atomic E-state index is 11.4. The van der Waals surface area contributed by atoms with Crippen LogP contribution in [-0.4, -0.2) is 22.0 Å². The predicted molar refractivity (Wildman–Crippen MR) is 97.5 cm³/mol. The molecule has 128 valence electrons. The van der Waals surface area contributed by atoms with Crippen LogP contribution in [0.5, 0.6) is 0 Å². The fourth-order valence-corrected chi connectivity index (χ4v) is 4.21. The molecule has 1 fully saturated rings. The first-order valence-electron chi connectivity index (χ1n) is 8.10. The zero-order valence-corrected chi connectivity index (χ0v) is 15.1. The van der Waals surface area contributed by atoms with Crippen molar-refractivity contribution in [1.82, 2.24) is 0 Å². The Morgan fingerprint density at radius 2 is 1.62 bits per heavy atom. The molecule has 1 aliphatic rings. The van der Waals surface area contributed by atoms with Gasteiger partial charge in [-0.05, 0) is 47.1 Å². The first-order valence-corrected chi connectivity index (χ1v) is 9.65. The average molecular weight is 344 g/mol. The van der Waals surface area contributed by atoms with Gasteiger partial charge in [0.1, 0.15) is 0 Å². The summed E-state index contributed by atoms with van der Waals surface area (Å²) in [5.41, 5.74) is 2.59. The number of para-hydroxylation sites is 1. The molecule has 0 radical (unpaired) electrons. The van der Waals surface area contributed by atoms with Crippen LogP contribution in [0, 0.1) is 11.3 Å². The molecule has 0 saturated heterocycles. The highest BCUT2D eigenvalue weighted by molar-refractivity contribution is 7.89. The fourth-order valence-electron chi connectivity index (χ4n) is 3.69. The number of hydrogen-bond donors (Lipinski definition) is 1. The van der Waals surface area contributed by atoms with Crippen LogP contribution in [-0.2, 0) is 10.0 Å². The number of nitrogens with zero attached hydrogens (tertiary/aromatic N) is 1. The molecule has 0 unspecified atom stereocenters. The summed E-state index contributed by atoms with van der Waals surface area (Å²) in [6, 6.07) is 17.4. The van der Waals surface area contributed by atoms with E-state index in [1.807, 2.05) is 30.3 Å². The Hall–Kier alpha value is -1.85. The summed E-state index contributed by atoms with van der Waals surface area (Å²) in [4.78, 5) is 2.45. The molecule has 2 N–H and O–H groups in total. The van der Waals surface area contributed by atoms with Crippen molar-refractivity contribution in [3.8, 4) is 0 Å². The summed E-state index contributed by atoms with van der Waals surface area (Å²) in [5, 5.41) is 5.18. The molecule has 2 aromatic rings.